The molecular weight excluding hydrogens is 459 g/mol. The first-order valence-corrected chi connectivity index (χ1v) is 8.99. The molecule has 1 aliphatic rings. The minimum absolute atomic E-state index is 0. The number of nitrogens with zero attached hydrogens (tertiary/aromatic N) is 2. The average molecular weight is 490 g/mol. The van der Waals surface area contributed by atoms with Gasteiger partial charge in [-0.05, 0) is 64.3 Å². The van der Waals surface area contributed by atoms with Gasteiger partial charge in [-0.3, -0.25) is 4.99 Å². The number of nitrogens with one attached hydrogen (secondary N) is 1. The van der Waals surface area contributed by atoms with Gasteiger partial charge in [0.05, 0.1) is 19.7 Å². The Labute approximate surface area is 178 Å². The summed E-state index contributed by atoms with van der Waals surface area (Å²) in [6, 6.07) is 7.45. The van der Waals surface area contributed by atoms with Crippen molar-refractivity contribution < 1.29 is 14.3 Å². The van der Waals surface area contributed by atoms with Crippen molar-refractivity contribution >= 4 is 41.7 Å². The number of nitrogens with two attached hydrogens (primary N) is 1. The predicted molar refractivity (Wildman–Crippen MR) is 119 cm³/mol. The number of likely N-dealkylation sites (tertiary alicyclic amines) is 1. The Hall–Kier alpha value is -1.71. The number of methoxy groups -OCH3 is 1. The molecule has 1 aromatic carbocycles. The molecule has 0 radical (unpaired) electrons. The third kappa shape index (κ3) is 7.82. The first-order valence-electron chi connectivity index (χ1n) is 8.99. The summed E-state index contributed by atoms with van der Waals surface area (Å²) in [5, 5.41) is 3.05. The standard InChI is InChI=1S/C19H30N4O3.HI/c1-19(2,3)26-18(24)23-12-6-5-7-15(23)13-21-17(20)22-14-8-10-16(25-4)11-9-14;/h8-11,15H,5-7,12-13H2,1-4H3,(H3,20,21,22);1H. The molecule has 1 amide bonds. The first-order chi connectivity index (χ1) is 12.3. The lowest BCUT2D eigenvalue weighted by atomic mass is 10.0. The molecule has 152 valence electrons. The van der Waals surface area contributed by atoms with E-state index in [4.69, 9.17) is 15.2 Å². The number of anilines is 1. The highest BCUT2D eigenvalue weighted by molar-refractivity contribution is 14.0. The summed E-state index contributed by atoms with van der Waals surface area (Å²) in [4.78, 5) is 18.6. The summed E-state index contributed by atoms with van der Waals surface area (Å²) in [7, 11) is 1.62. The second kappa shape index (κ2) is 10.6. The third-order valence-electron chi connectivity index (χ3n) is 4.09. The van der Waals surface area contributed by atoms with Crippen LogP contribution in [0.15, 0.2) is 29.3 Å². The zero-order valence-corrected chi connectivity index (χ0v) is 18.9. The average Bonchev–Trinajstić information content (AvgIpc) is 2.59. The molecule has 2 rings (SSSR count). The second-order valence-corrected chi connectivity index (χ2v) is 7.40. The van der Waals surface area contributed by atoms with E-state index < -0.39 is 5.60 Å². The molecule has 0 spiro atoms. The summed E-state index contributed by atoms with van der Waals surface area (Å²) in [5.74, 6) is 1.10. The van der Waals surface area contributed by atoms with Crippen LogP contribution in [0.1, 0.15) is 40.0 Å². The van der Waals surface area contributed by atoms with Crippen molar-refractivity contribution in [3.63, 3.8) is 0 Å². The van der Waals surface area contributed by atoms with Crippen molar-refractivity contribution in [2.75, 3.05) is 25.5 Å². The fourth-order valence-corrected chi connectivity index (χ4v) is 2.82. The molecule has 3 N–H and O–H groups in total. The molecule has 1 unspecified atom stereocenters. The zero-order valence-electron chi connectivity index (χ0n) is 16.5. The molecule has 0 aromatic heterocycles. The van der Waals surface area contributed by atoms with Gasteiger partial charge in [0.2, 0.25) is 0 Å². The number of hydrogen-bond acceptors (Lipinski definition) is 4. The lowest BCUT2D eigenvalue weighted by Crippen LogP contribution is -2.47. The number of piperidine rings is 1. The Morgan fingerprint density at radius 3 is 2.56 bits per heavy atom. The molecule has 1 fully saturated rings. The number of ether oxygens (including phenoxy) is 2. The highest BCUT2D eigenvalue weighted by Crippen LogP contribution is 2.21. The maximum atomic E-state index is 12.4. The molecule has 1 atom stereocenters. The van der Waals surface area contributed by atoms with Gasteiger partial charge >= 0.3 is 6.09 Å². The van der Waals surface area contributed by atoms with Crippen LogP contribution in [0, 0.1) is 0 Å². The highest BCUT2D eigenvalue weighted by atomic mass is 127. The number of amides is 1. The number of hydrogen-bond donors (Lipinski definition) is 2. The van der Waals surface area contributed by atoms with Crippen molar-refractivity contribution in [2.45, 2.75) is 51.7 Å². The molecule has 7 nitrogen and oxygen atoms in total. The number of halogens is 1. The Kier molecular flexibility index (Phi) is 9.14. The lowest BCUT2D eigenvalue weighted by Gasteiger charge is -2.36. The van der Waals surface area contributed by atoms with Gasteiger partial charge in [0, 0.05) is 12.2 Å². The monoisotopic (exact) mass is 490 g/mol. The maximum absolute atomic E-state index is 12.4. The number of carbonyl (C=O) groups is 1. The minimum atomic E-state index is -0.503. The summed E-state index contributed by atoms with van der Waals surface area (Å²) in [6.07, 6.45) is 2.68. The van der Waals surface area contributed by atoms with Gasteiger partial charge in [0.25, 0.3) is 0 Å². The van der Waals surface area contributed by atoms with Gasteiger partial charge in [-0.2, -0.15) is 0 Å². The van der Waals surface area contributed by atoms with E-state index in [1.54, 1.807) is 12.0 Å². The first kappa shape index (κ1) is 23.3. The molecule has 1 heterocycles. The molecular formula is C19H31IN4O3. The van der Waals surface area contributed by atoms with Gasteiger partial charge in [0.1, 0.15) is 11.4 Å². The van der Waals surface area contributed by atoms with E-state index in [0.29, 0.717) is 19.0 Å². The van der Waals surface area contributed by atoms with Crippen LogP contribution in [-0.2, 0) is 4.74 Å². The number of benzene rings is 1. The van der Waals surface area contributed by atoms with Crippen molar-refractivity contribution in [1.29, 1.82) is 0 Å². The SMILES string of the molecule is COc1ccc(NC(N)=NCC2CCCCN2C(=O)OC(C)(C)C)cc1.I. The smallest absolute Gasteiger partial charge is 0.410 e. The third-order valence-corrected chi connectivity index (χ3v) is 4.09. The molecule has 1 aromatic rings. The van der Waals surface area contributed by atoms with Gasteiger partial charge in [-0.15, -0.1) is 24.0 Å². The Balaban J connectivity index is 0.00000364. The van der Waals surface area contributed by atoms with Crippen LogP contribution < -0.4 is 15.8 Å². The lowest BCUT2D eigenvalue weighted by molar-refractivity contribution is 0.0110. The van der Waals surface area contributed by atoms with E-state index in [9.17, 15) is 4.79 Å². The van der Waals surface area contributed by atoms with E-state index in [-0.39, 0.29) is 36.1 Å². The van der Waals surface area contributed by atoms with Crippen molar-refractivity contribution in [3.05, 3.63) is 24.3 Å². The maximum Gasteiger partial charge on any atom is 0.410 e. The summed E-state index contributed by atoms with van der Waals surface area (Å²) in [5.41, 5.74) is 6.32. The second-order valence-electron chi connectivity index (χ2n) is 7.40. The van der Waals surface area contributed by atoms with E-state index in [1.165, 1.54) is 0 Å². The minimum Gasteiger partial charge on any atom is -0.497 e. The Morgan fingerprint density at radius 2 is 1.96 bits per heavy atom. The summed E-state index contributed by atoms with van der Waals surface area (Å²) in [6.45, 7) is 6.77. The van der Waals surface area contributed by atoms with E-state index in [2.05, 4.69) is 10.3 Å². The van der Waals surface area contributed by atoms with Crippen LogP contribution in [0.4, 0.5) is 10.5 Å². The van der Waals surface area contributed by atoms with Crippen LogP contribution in [0.3, 0.4) is 0 Å². The fourth-order valence-electron chi connectivity index (χ4n) is 2.82. The van der Waals surface area contributed by atoms with Gasteiger partial charge < -0.3 is 25.4 Å². The number of rotatable bonds is 4. The van der Waals surface area contributed by atoms with Crippen molar-refractivity contribution in [2.24, 2.45) is 10.7 Å². The fraction of sp³-hybridized carbons (Fsp3) is 0.579. The zero-order chi connectivity index (χ0) is 19.2. The number of guanidine groups is 1. The van der Waals surface area contributed by atoms with Crippen molar-refractivity contribution in [1.82, 2.24) is 4.90 Å². The number of aliphatic imine (C=N–C) groups is 1. The van der Waals surface area contributed by atoms with E-state index >= 15 is 0 Å². The predicted octanol–water partition coefficient (Wildman–Crippen LogP) is 3.83. The molecule has 8 heteroatoms. The summed E-state index contributed by atoms with van der Waals surface area (Å²) < 4.78 is 10.6. The highest BCUT2D eigenvalue weighted by Gasteiger charge is 2.30. The summed E-state index contributed by atoms with van der Waals surface area (Å²) >= 11 is 0. The van der Waals surface area contributed by atoms with E-state index in [0.717, 1.165) is 30.7 Å². The van der Waals surface area contributed by atoms with Gasteiger partial charge in [-0.25, -0.2) is 4.79 Å². The van der Waals surface area contributed by atoms with Gasteiger partial charge in [0.15, 0.2) is 5.96 Å². The van der Waals surface area contributed by atoms with Gasteiger partial charge in [-0.1, -0.05) is 0 Å². The van der Waals surface area contributed by atoms with Crippen LogP contribution in [-0.4, -0.2) is 48.8 Å². The van der Waals surface area contributed by atoms with Crippen LogP contribution in [0.25, 0.3) is 0 Å². The van der Waals surface area contributed by atoms with Crippen LogP contribution >= 0.6 is 24.0 Å². The van der Waals surface area contributed by atoms with Crippen LogP contribution in [0.5, 0.6) is 5.75 Å². The largest absolute Gasteiger partial charge is 0.497 e. The van der Waals surface area contributed by atoms with Crippen LogP contribution in [0.2, 0.25) is 0 Å². The quantitative estimate of drug-likeness (QED) is 0.381. The molecule has 0 saturated carbocycles. The molecule has 1 aliphatic heterocycles. The Bertz CT molecular complexity index is 629. The topological polar surface area (TPSA) is 89.2 Å². The molecule has 0 bridgehead atoms. The normalized spacial score (nSPS) is 17.7. The molecule has 0 aliphatic carbocycles. The number of carbonyl (C=O) groups excluding carboxylic acids is 1. The molecule has 27 heavy (non-hydrogen) atoms. The Morgan fingerprint density at radius 1 is 1.30 bits per heavy atom. The van der Waals surface area contributed by atoms with E-state index in [1.807, 2.05) is 45.0 Å². The molecule has 1 saturated heterocycles. The van der Waals surface area contributed by atoms with Crippen molar-refractivity contribution in [3.8, 4) is 5.75 Å².